The van der Waals surface area contributed by atoms with E-state index in [2.05, 4.69) is 15.0 Å². The second kappa shape index (κ2) is 10.2. The number of carbonyl (C=O) groups excluding carboxylic acids is 4. The summed E-state index contributed by atoms with van der Waals surface area (Å²) in [7, 11) is 0. The van der Waals surface area contributed by atoms with Gasteiger partial charge < -0.3 is 18.9 Å². The highest BCUT2D eigenvalue weighted by molar-refractivity contribution is 6.14. The molecule has 3 aromatic rings. The molecule has 2 aromatic heterocycles. The van der Waals surface area contributed by atoms with E-state index < -0.39 is 75.5 Å². The van der Waals surface area contributed by atoms with Crippen LogP contribution in [-0.2, 0) is 33.3 Å². The van der Waals surface area contributed by atoms with Crippen LogP contribution < -0.4 is 0 Å². The first-order chi connectivity index (χ1) is 18.8. The number of hydrogen-bond acceptors (Lipinski definition) is 11. The maximum absolute atomic E-state index is 13.3. The van der Waals surface area contributed by atoms with Crippen LogP contribution in [-0.4, -0.2) is 68.1 Å². The van der Waals surface area contributed by atoms with Crippen LogP contribution in [0.4, 0.5) is 0 Å². The molecule has 0 spiro atoms. The molecule has 1 fully saturated rings. The minimum Gasteiger partial charge on any atom is -0.463 e. The molecule has 0 radical (unpaired) electrons. The lowest BCUT2D eigenvalue weighted by atomic mass is 10.0. The maximum Gasteiger partial charge on any atom is 0.303 e. The second-order valence-corrected chi connectivity index (χ2v) is 7.85. The number of aromatic nitrogens is 4. The first-order valence-corrected chi connectivity index (χ1v) is 10.6. The van der Waals surface area contributed by atoms with Gasteiger partial charge in [-0.2, -0.15) is 0 Å². The second-order valence-electron chi connectivity index (χ2n) is 7.85. The zero-order chi connectivity index (χ0) is 28.1. The number of rotatable bonds is 7. The smallest absolute Gasteiger partial charge is 0.303 e. The summed E-state index contributed by atoms with van der Waals surface area (Å²) in [6.07, 6.45) is -2.67. The van der Waals surface area contributed by atoms with E-state index >= 15 is 0 Å². The lowest BCUT2D eigenvalue weighted by Gasteiger charge is -2.23. The van der Waals surface area contributed by atoms with Crippen molar-refractivity contribution in [3.05, 3.63) is 53.7 Å². The van der Waals surface area contributed by atoms with Crippen molar-refractivity contribution in [2.75, 3.05) is 6.61 Å². The summed E-state index contributed by atoms with van der Waals surface area (Å²) < 4.78 is 44.9. The van der Waals surface area contributed by atoms with E-state index in [1.165, 1.54) is 10.9 Å². The number of ketones is 1. The number of hydrogen-bond donors (Lipinski definition) is 0. The zero-order valence-electron chi connectivity index (χ0n) is 22.2. The molecule has 0 bridgehead atoms. The summed E-state index contributed by atoms with van der Waals surface area (Å²) in [6.45, 7) is -0.829. The third-order valence-corrected chi connectivity index (χ3v) is 5.47. The number of fused-ring (bicyclic) bond motifs is 1. The number of nitrogens with zero attached hydrogens (tertiary/aromatic N) is 4. The average molecular weight is 499 g/mol. The molecule has 4 rings (SSSR count). The van der Waals surface area contributed by atoms with Crippen LogP contribution >= 0.6 is 0 Å². The Kier molecular flexibility index (Phi) is 5.98. The molecular weight excluding hydrogens is 472 g/mol. The largest absolute Gasteiger partial charge is 0.463 e. The first-order valence-electron chi connectivity index (χ1n) is 12.8. The van der Waals surface area contributed by atoms with Crippen LogP contribution in [0.2, 0.25) is 0 Å². The molecule has 0 aliphatic carbocycles. The molecular formula is C24H24N4O8. The Labute approximate surface area is 209 Å². The summed E-state index contributed by atoms with van der Waals surface area (Å²) in [6, 6.07) is 6.97. The van der Waals surface area contributed by atoms with E-state index in [9.17, 15) is 19.2 Å². The molecule has 36 heavy (non-hydrogen) atoms. The van der Waals surface area contributed by atoms with Crippen molar-refractivity contribution in [3.63, 3.8) is 0 Å². The maximum atomic E-state index is 13.3. The average Bonchev–Trinajstić information content (AvgIpc) is 3.52. The number of esters is 3. The Morgan fingerprint density at radius 3 is 2.44 bits per heavy atom. The van der Waals surface area contributed by atoms with Crippen LogP contribution in [0.5, 0.6) is 0 Å². The lowest BCUT2D eigenvalue weighted by Crippen LogP contribution is -2.40. The van der Waals surface area contributed by atoms with Crippen molar-refractivity contribution in [2.45, 2.75) is 52.2 Å². The Bertz CT molecular complexity index is 1400. The monoisotopic (exact) mass is 499 g/mol. The van der Waals surface area contributed by atoms with Gasteiger partial charge in [0, 0.05) is 30.4 Å². The fourth-order valence-electron chi connectivity index (χ4n) is 3.97. The van der Waals surface area contributed by atoms with Gasteiger partial charge in [0.25, 0.3) is 0 Å². The molecule has 4 atom stereocenters. The van der Waals surface area contributed by atoms with Crippen LogP contribution in [0.1, 0.15) is 52.7 Å². The normalized spacial score (nSPS) is 22.3. The van der Waals surface area contributed by atoms with Gasteiger partial charge in [0.15, 0.2) is 24.1 Å². The van der Waals surface area contributed by atoms with Crippen molar-refractivity contribution in [3.8, 4) is 0 Å². The summed E-state index contributed by atoms with van der Waals surface area (Å²) in [5.74, 6) is -3.18. The molecule has 0 saturated carbocycles. The summed E-state index contributed by atoms with van der Waals surface area (Å²) >= 11 is 0. The molecule has 12 heteroatoms. The molecule has 1 aliphatic heterocycles. The predicted octanol–water partition coefficient (Wildman–Crippen LogP) is 1.69. The minimum absolute atomic E-state index is 0.0175. The first kappa shape index (κ1) is 21.1. The highest BCUT2D eigenvalue weighted by Gasteiger charge is 2.51. The van der Waals surface area contributed by atoms with E-state index in [4.69, 9.17) is 23.1 Å². The summed E-state index contributed by atoms with van der Waals surface area (Å²) in [5, 5.41) is 0. The fourth-order valence-corrected chi connectivity index (χ4v) is 3.97. The topological polar surface area (TPSA) is 149 Å². The summed E-state index contributed by atoms with van der Waals surface area (Å²) in [4.78, 5) is 61.7. The van der Waals surface area contributed by atoms with E-state index in [1.807, 2.05) is 0 Å². The van der Waals surface area contributed by atoms with Crippen LogP contribution in [0.3, 0.4) is 0 Å². The van der Waals surface area contributed by atoms with Gasteiger partial charge in [-0.05, 0) is 12.5 Å². The third-order valence-electron chi connectivity index (χ3n) is 5.47. The molecule has 0 amide bonds. The number of ether oxygens (including phenoxy) is 4. The van der Waals surface area contributed by atoms with Crippen molar-refractivity contribution in [1.29, 1.82) is 0 Å². The standard InChI is InChI=1S/C24H24N4O8/c1-12-7-5-6-8-16(12)20(32)18-19-23(26-10-25-18)28(11-27-19)24-22(35-15(4)31)21(34-14(3)30)17(36-24)9-33-13(2)29/h5-8,10-11,17,21-22,24H,9H2,1-4H3/t17-,21-,22-,24?/m1/s1/i2D,3D,4D. The van der Waals surface area contributed by atoms with Crippen LogP contribution in [0.15, 0.2) is 36.9 Å². The van der Waals surface area contributed by atoms with E-state index in [0.717, 1.165) is 11.9 Å². The fraction of sp³-hybridized carbons (Fsp3) is 0.375. The quantitative estimate of drug-likeness (QED) is 0.265. The number of benzene rings is 1. The van der Waals surface area contributed by atoms with Gasteiger partial charge in [0.05, 0.1) is 6.33 Å². The molecule has 0 N–H and O–H groups in total. The van der Waals surface area contributed by atoms with Gasteiger partial charge in [-0.15, -0.1) is 0 Å². The highest BCUT2D eigenvalue weighted by atomic mass is 16.7. The number of carbonyl (C=O) groups is 4. The van der Waals surface area contributed by atoms with Crippen molar-refractivity contribution >= 4 is 34.9 Å². The lowest BCUT2D eigenvalue weighted by molar-refractivity contribution is -0.166. The van der Waals surface area contributed by atoms with Gasteiger partial charge in [-0.3, -0.25) is 23.7 Å². The Hall–Kier alpha value is -4.19. The molecule has 1 aromatic carbocycles. The predicted molar refractivity (Wildman–Crippen MR) is 122 cm³/mol. The Balaban J connectivity index is 1.75. The molecule has 1 saturated heterocycles. The van der Waals surface area contributed by atoms with Gasteiger partial charge in [0.2, 0.25) is 5.78 Å². The molecule has 1 unspecified atom stereocenters. The molecule has 12 nitrogen and oxygen atoms in total. The van der Waals surface area contributed by atoms with Gasteiger partial charge in [-0.25, -0.2) is 15.0 Å². The van der Waals surface area contributed by atoms with E-state index in [1.54, 1.807) is 31.2 Å². The summed E-state index contributed by atoms with van der Waals surface area (Å²) in [5.41, 5.74) is 1.44. The Morgan fingerprint density at radius 2 is 1.72 bits per heavy atom. The van der Waals surface area contributed by atoms with Gasteiger partial charge in [0.1, 0.15) is 30.2 Å². The minimum atomic E-state index is -1.36. The number of imidazole rings is 1. The molecule has 3 heterocycles. The third kappa shape index (κ3) is 4.93. The van der Waals surface area contributed by atoms with Crippen molar-refractivity contribution in [2.24, 2.45) is 0 Å². The van der Waals surface area contributed by atoms with Crippen LogP contribution in [0.25, 0.3) is 11.2 Å². The number of aryl methyl sites for hydroxylation is 1. The van der Waals surface area contributed by atoms with Crippen molar-refractivity contribution < 1.29 is 42.2 Å². The van der Waals surface area contributed by atoms with Gasteiger partial charge >= 0.3 is 17.9 Å². The van der Waals surface area contributed by atoms with Crippen LogP contribution in [0, 0.1) is 6.92 Å². The molecule has 188 valence electrons. The highest BCUT2D eigenvalue weighted by Crippen LogP contribution is 2.36. The Morgan fingerprint density at radius 1 is 1.00 bits per heavy atom. The van der Waals surface area contributed by atoms with Crippen molar-refractivity contribution in [1.82, 2.24) is 19.5 Å². The van der Waals surface area contributed by atoms with E-state index in [-0.39, 0.29) is 16.9 Å². The zero-order valence-corrected chi connectivity index (χ0v) is 19.2. The molecule has 1 aliphatic rings. The van der Waals surface area contributed by atoms with E-state index in [0.29, 0.717) is 5.56 Å². The SMILES string of the molecule is [2H]CC(=O)OC[C@H]1OC(n2cnc3c(C(=O)c4ccccc4C)ncnc32)[C@H](OC(=O)C[2H])[C@@H]1OC(=O)C[2H]. The van der Waals surface area contributed by atoms with Gasteiger partial charge in [-0.1, -0.05) is 24.3 Å².